The molecule has 4 nitrogen and oxygen atoms in total. The van der Waals surface area contributed by atoms with Crippen LogP contribution in [-0.2, 0) is 0 Å². The van der Waals surface area contributed by atoms with Crippen LogP contribution in [0.4, 0.5) is 11.5 Å². The van der Waals surface area contributed by atoms with E-state index in [1.807, 2.05) is 30.3 Å². The van der Waals surface area contributed by atoms with E-state index in [1.54, 1.807) is 6.20 Å². The molecule has 4 rings (SSSR count). The minimum atomic E-state index is 0.601. The number of nitrogens with zero attached hydrogens (tertiary/aromatic N) is 3. The van der Waals surface area contributed by atoms with Crippen molar-refractivity contribution in [3.8, 4) is 0 Å². The van der Waals surface area contributed by atoms with Crippen molar-refractivity contribution >= 4 is 45.9 Å². The van der Waals surface area contributed by atoms with Crippen LogP contribution in [0.3, 0.4) is 0 Å². The number of rotatable bonds is 0. The van der Waals surface area contributed by atoms with Crippen LogP contribution in [0.2, 0.25) is 5.02 Å². The summed E-state index contributed by atoms with van der Waals surface area (Å²) < 4.78 is 0. The van der Waals surface area contributed by atoms with E-state index < -0.39 is 0 Å². The molecule has 0 aliphatic carbocycles. The zero-order chi connectivity index (χ0) is 12.8. The SMILES string of the molecule is Clc1cnc2c(c1)Nc1nc3ccccc3nc1S2. The molecule has 0 atom stereocenters. The molecular formula is C13H7ClN4S. The smallest absolute Gasteiger partial charge is 0.164 e. The average Bonchev–Trinajstić information content (AvgIpc) is 2.43. The molecule has 2 aromatic heterocycles. The molecule has 1 aliphatic rings. The van der Waals surface area contributed by atoms with Crippen LogP contribution in [0.15, 0.2) is 46.6 Å². The van der Waals surface area contributed by atoms with Gasteiger partial charge in [0.2, 0.25) is 0 Å². The molecule has 0 amide bonds. The van der Waals surface area contributed by atoms with E-state index in [0.717, 1.165) is 32.6 Å². The molecule has 0 unspecified atom stereocenters. The van der Waals surface area contributed by atoms with Crippen LogP contribution < -0.4 is 5.32 Å². The lowest BCUT2D eigenvalue weighted by molar-refractivity contribution is 1.05. The molecule has 0 bridgehead atoms. The van der Waals surface area contributed by atoms with Gasteiger partial charge in [-0.3, -0.25) is 0 Å². The zero-order valence-corrected chi connectivity index (χ0v) is 11.2. The Labute approximate surface area is 118 Å². The summed E-state index contributed by atoms with van der Waals surface area (Å²) in [6.07, 6.45) is 1.63. The third-order valence-electron chi connectivity index (χ3n) is 2.80. The van der Waals surface area contributed by atoms with Gasteiger partial charge in [0.05, 0.1) is 21.7 Å². The van der Waals surface area contributed by atoms with Crippen LogP contribution in [0.1, 0.15) is 0 Å². The highest BCUT2D eigenvalue weighted by atomic mass is 35.5. The normalized spacial score (nSPS) is 12.7. The summed E-state index contributed by atoms with van der Waals surface area (Å²) in [4.78, 5) is 13.5. The molecular weight excluding hydrogens is 280 g/mol. The van der Waals surface area contributed by atoms with Crippen molar-refractivity contribution in [1.29, 1.82) is 0 Å². The number of nitrogens with one attached hydrogen (secondary N) is 1. The summed E-state index contributed by atoms with van der Waals surface area (Å²) in [5, 5.41) is 5.53. The van der Waals surface area contributed by atoms with E-state index in [-0.39, 0.29) is 0 Å². The Bertz CT molecular complexity index is 806. The molecule has 1 aromatic carbocycles. The van der Waals surface area contributed by atoms with Gasteiger partial charge in [0.15, 0.2) is 5.82 Å². The monoisotopic (exact) mass is 286 g/mol. The number of benzene rings is 1. The second kappa shape index (κ2) is 4.08. The molecule has 19 heavy (non-hydrogen) atoms. The number of hydrogen-bond acceptors (Lipinski definition) is 5. The molecule has 6 heteroatoms. The third kappa shape index (κ3) is 1.82. The number of aromatic nitrogens is 3. The zero-order valence-electron chi connectivity index (χ0n) is 9.59. The van der Waals surface area contributed by atoms with Gasteiger partial charge in [0, 0.05) is 6.20 Å². The first-order valence-corrected chi connectivity index (χ1v) is 6.86. The second-order valence-corrected chi connectivity index (χ2v) is 5.51. The van der Waals surface area contributed by atoms with E-state index in [4.69, 9.17) is 11.6 Å². The maximum Gasteiger partial charge on any atom is 0.164 e. The number of anilines is 2. The van der Waals surface area contributed by atoms with Crippen molar-refractivity contribution in [2.75, 3.05) is 5.32 Å². The van der Waals surface area contributed by atoms with Crippen molar-refractivity contribution < 1.29 is 0 Å². The molecule has 0 spiro atoms. The van der Waals surface area contributed by atoms with Gasteiger partial charge in [-0.25, -0.2) is 15.0 Å². The van der Waals surface area contributed by atoms with Crippen molar-refractivity contribution in [3.63, 3.8) is 0 Å². The second-order valence-electron chi connectivity index (χ2n) is 4.10. The van der Waals surface area contributed by atoms with Crippen molar-refractivity contribution in [1.82, 2.24) is 15.0 Å². The van der Waals surface area contributed by atoms with Gasteiger partial charge in [0.25, 0.3) is 0 Å². The van der Waals surface area contributed by atoms with Gasteiger partial charge in [-0.15, -0.1) is 0 Å². The van der Waals surface area contributed by atoms with Gasteiger partial charge in [-0.2, -0.15) is 0 Å². The fourth-order valence-electron chi connectivity index (χ4n) is 1.95. The number of hydrogen-bond donors (Lipinski definition) is 1. The lowest BCUT2D eigenvalue weighted by Gasteiger charge is -2.18. The fourth-order valence-corrected chi connectivity index (χ4v) is 2.96. The largest absolute Gasteiger partial charge is 0.336 e. The van der Waals surface area contributed by atoms with Gasteiger partial charge >= 0.3 is 0 Å². The van der Waals surface area contributed by atoms with Crippen molar-refractivity contribution in [2.24, 2.45) is 0 Å². The lowest BCUT2D eigenvalue weighted by atomic mass is 10.3. The van der Waals surface area contributed by atoms with Crippen LogP contribution >= 0.6 is 23.4 Å². The average molecular weight is 287 g/mol. The Morgan fingerprint density at radius 2 is 1.84 bits per heavy atom. The minimum Gasteiger partial charge on any atom is -0.336 e. The molecule has 3 heterocycles. The Kier molecular flexibility index (Phi) is 2.36. The first kappa shape index (κ1) is 11.0. The topological polar surface area (TPSA) is 50.7 Å². The number of para-hydroxylation sites is 2. The van der Waals surface area contributed by atoms with Gasteiger partial charge in [-0.1, -0.05) is 23.7 Å². The highest BCUT2D eigenvalue weighted by Crippen LogP contribution is 2.42. The molecule has 1 aliphatic heterocycles. The Balaban J connectivity index is 1.90. The highest BCUT2D eigenvalue weighted by Gasteiger charge is 2.20. The van der Waals surface area contributed by atoms with Crippen LogP contribution in [0.5, 0.6) is 0 Å². The molecule has 1 N–H and O–H groups in total. The summed E-state index contributed by atoms with van der Waals surface area (Å²) in [5.74, 6) is 0.750. The molecule has 0 saturated heterocycles. The summed E-state index contributed by atoms with van der Waals surface area (Å²) in [7, 11) is 0. The Morgan fingerprint density at radius 1 is 1.05 bits per heavy atom. The van der Waals surface area contributed by atoms with Crippen molar-refractivity contribution in [3.05, 3.63) is 41.6 Å². The summed E-state index contributed by atoms with van der Waals surface area (Å²) in [6, 6.07) is 9.65. The number of halogens is 1. The first-order chi connectivity index (χ1) is 9.29. The predicted octanol–water partition coefficient (Wildman–Crippen LogP) is 3.89. The van der Waals surface area contributed by atoms with Crippen LogP contribution in [0, 0.1) is 0 Å². The number of fused-ring (bicyclic) bond motifs is 3. The van der Waals surface area contributed by atoms with E-state index in [2.05, 4.69) is 20.3 Å². The van der Waals surface area contributed by atoms with E-state index in [9.17, 15) is 0 Å². The summed E-state index contributed by atoms with van der Waals surface area (Å²) >= 11 is 7.45. The molecule has 0 fully saturated rings. The molecule has 0 saturated carbocycles. The molecule has 3 aromatic rings. The first-order valence-electron chi connectivity index (χ1n) is 5.67. The summed E-state index contributed by atoms with van der Waals surface area (Å²) in [5.41, 5.74) is 2.62. The Morgan fingerprint density at radius 3 is 2.68 bits per heavy atom. The van der Waals surface area contributed by atoms with Gasteiger partial charge in [-0.05, 0) is 30.0 Å². The number of pyridine rings is 1. The maximum absolute atomic E-state index is 5.95. The summed E-state index contributed by atoms with van der Waals surface area (Å²) in [6.45, 7) is 0. The fraction of sp³-hybridized carbons (Fsp3) is 0. The molecule has 0 radical (unpaired) electrons. The Hall–Kier alpha value is -1.85. The third-order valence-corrected chi connectivity index (χ3v) is 4.01. The highest BCUT2D eigenvalue weighted by molar-refractivity contribution is 7.99. The van der Waals surface area contributed by atoms with Crippen LogP contribution in [0.25, 0.3) is 11.0 Å². The van der Waals surface area contributed by atoms with Crippen LogP contribution in [-0.4, -0.2) is 15.0 Å². The standard InChI is InChI=1S/C13H7ClN4S/c14-7-5-10-12(15-6-7)19-13-11(17-10)16-8-3-1-2-4-9(8)18-13/h1-6H,(H,16,17). The lowest BCUT2D eigenvalue weighted by Crippen LogP contribution is -2.05. The van der Waals surface area contributed by atoms with E-state index >= 15 is 0 Å². The van der Waals surface area contributed by atoms with E-state index in [1.165, 1.54) is 11.8 Å². The maximum atomic E-state index is 5.95. The van der Waals surface area contributed by atoms with Gasteiger partial charge in [0.1, 0.15) is 10.1 Å². The van der Waals surface area contributed by atoms with Crippen molar-refractivity contribution in [2.45, 2.75) is 10.1 Å². The van der Waals surface area contributed by atoms with Gasteiger partial charge < -0.3 is 5.32 Å². The predicted molar refractivity (Wildman–Crippen MR) is 76.2 cm³/mol. The quantitative estimate of drug-likeness (QED) is 0.531. The minimum absolute atomic E-state index is 0.601. The molecule has 92 valence electrons. The van der Waals surface area contributed by atoms with E-state index in [0.29, 0.717) is 5.02 Å².